The lowest BCUT2D eigenvalue weighted by Crippen LogP contribution is -2.04. The first kappa shape index (κ1) is 14.0. The van der Waals surface area contributed by atoms with Crippen molar-refractivity contribution in [2.45, 2.75) is 20.4 Å². The van der Waals surface area contributed by atoms with Gasteiger partial charge >= 0.3 is 0 Å². The first-order valence-corrected chi connectivity index (χ1v) is 7.64. The number of anilines is 1. The molecule has 0 atom stereocenters. The van der Waals surface area contributed by atoms with E-state index < -0.39 is 0 Å². The second kappa shape index (κ2) is 5.82. The fraction of sp³-hybridized carbons (Fsp3) is 0.176. The van der Waals surface area contributed by atoms with E-state index in [1.807, 2.05) is 30.5 Å². The fourth-order valence-electron chi connectivity index (χ4n) is 2.40. The molecule has 0 amide bonds. The van der Waals surface area contributed by atoms with Gasteiger partial charge in [0, 0.05) is 4.47 Å². The molecule has 0 bridgehead atoms. The SMILES string of the molecule is Cc1cc(C)c(NCc2cnc3ccccc3n2)c(Br)c1. The van der Waals surface area contributed by atoms with Crippen molar-refractivity contribution in [3.63, 3.8) is 0 Å². The van der Waals surface area contributed by atoms with Gasteiger partial charge in [0.25, 0.3) is 0 Å². The van der Waals surface area contributed by atoms with Gasteiger partial charge in [-0.3, -0.25) is 4.98 Å². The average molecular weight is 342 g/mol. The standard InChI is InChI=1S/C17H16BrN3/c1-11-7-12(2)17(14(18)8-11)20-10-13-9-19-15-5-3-4-6-16(15)21-13/h3-9,20H,10H2,1-2H3. The highest BCUT2D eigenvalue weighted by molar-refractivity contribution is 9.10. The number of hydrogen-bond acceptors (Lipinski definition) is 3. The van der Waals surface area contributed by atoms with Crippen LogP contribution in [0, 0.1) is 13.8 Å². The Labute approximate surface area is 132 Å². The maximum absolute atomic E-state index is 4.63. The number of nitrogens with one attached hydrogen (secondary N) is 1. The summed E-state index contributed by atoms with van der Waals surface area (Å²) in [5, 5.41) is 3.44. The maximum atomic E-state index is 4.63. The summed E-state index contributed by atoms with van der Waals surface area (Å²) in [6, 6.07) is 12.2. The highest BCUT2D eigenvalue weighted by atomic mass is 79.9. The Kier molecular flexibility index (Phi) is 3.88. The molecule has 106 valence electrons. The molecule has 1 aromatic heterocycles. The van der Waals surface area contributed by atoms with Crippen LogP contribution in [-0.4, -0.2) is 9.97 Å². The van der Waals surface area contributed by atoms with Gasteiger partial charge in [-0.1, -0.05) is 18.2 Å². The zero-order chi connectivity index (χ0) is 14.8. The number of halogens is 1. The summed E-state index contributed by atoms with van der Waals surface area (Å²) in [5.74, 6) is 0. The summed E-state index contributed by atoms with van der Waals surface area (Å²) >= 11 is 3.61. The Morgan fingerprint density at radius 2 is 1.86 bits per heavy atom. The zero-order valence-electron chi connectivity index (χ0n) is 12.0. The smallest absolute Gasteiger partial charge is 0.0890 e. The van der Waals surface area contributed by atoms with E-state index in [4.69, 9.17) is 0 Å². The van der Waals surface area contributed by atoms with Crippen molar-refractivity contribution in [1.29, 1.82) is 0 Å². The van der Waals surface area contributed by atoms with Gasteiger partial charge in [0.2, 0.25) is 0 Å². The van der Waals surface area contributed by atoms with E-state index in [0.717, 1.165) is 26.9 Å². The molecule has 0 saturated heterocycles. The fourth-order valence-corrected chi connectivity index (χ4v) is 3.21. The minimum atomic E-state index is 0.653. The molecule has 1 N–H and O–H groups in total. The number of para-hydroxylation sites is 2. The summed E-state index contributed by atoms with van der Waals surface area (Å²) in [6.07, 6.45) is 1.83. The summed E-state index contributed by atoms with van der Waals surface area (Å²) in [4.78, 5) is 9.07. The number of rotatable bonds is 3. The van der Waals surface area contributed by atoms with Crippen LogP contribution in [0.3, 0.4) is 0 Å². The molecule has 0 saturated carbocycles. The van der Waals surface area contributed by atoms with E-state index in [-0.39, 0.29) is 0 Å². The number of aryl methyl sites for hydroxylation is 2. The minimum absolute atomic E-state index is 0.653. The van der Waals surface area contributed by atoms with E-state index in [2.05, 4.69) is 57.2 Å². The van der Waals surface area contributed by atoms with Crippen molar-refractivity contribution in [2.75, 3.05) is 5.32 Å². The molecule has 0 aliphatic carbocycles. The molecule has 21 heavy (non-hydrogen) atoms. The van der Waals surface area contributed by atoms with Gasteiger partial charge < -0.3 is 5.32 Å². The predicted octanol–water partition coefficient (Wildman–Crippen LogP) is 4.62. The molecule has 0 aliphatic rings. The highest BCUT2D eigenvalue weighted by Crippen LogP contribution is 2.28. The molecule has 3 nitrogen and oxygen atoms in total. The van der Waals surface area contributed by atoms with Crippen LogP contribution in [0.5, 0.6) is 0 Å². The van der Waals surface area contributed by atoms with Gasteiger partial charge in [-0.15, -0.1) is 0 Å². The van der Waals surface area contributed by atoms with Crippen LogP contribution in [0.15, 0.2) is 47.1 Å². The Balaban J connectivity index is 1.83. The third-order valence-electron chi connectivity index (χ3n) is 3.38. The predicted molar refractivity (Wildman–Crippen MR) is 90.5 cm³/mol. The first-order chi connectivity index (χ1) is 10.1. The summed E-state index contributed by atoms with van der Waals surface area (Å²) < 4.78 is 1.08. The highest BCUT2D eigenvalue weighted by Gasteiger charge is 2.06. The van der Waals surface area contributed by atoms with Gasteiger partial charge in [0.15, 0.2) is 0 Å². The molecule has 4 heteroatoms. The van der Waals surface area contributed by atoms with Crippen LogP contribution >= 0.6 is 15.9 Å². The number of benzene rings is 2. The minimum Gasteiger partial charge on any atom is -0.378 e. The molecule has 3 rings (SSSR count). The van der Waals surface area contributed by atoms with E-state index in [1.165, 1.54) is 11.1 Å². The van der Waals surface area contributed by atoms with Crippen molar-refractivity contribution >= 4 is 32.7 Å². The third kappa shape index (κ3) is 3.05. The molecular formula is C17H16BrN3. The van der Waals surface area contributed by atoms with Crippen LogP contribution in [0.1, 0.15) is 16.8 Å². The largest absolute Gasteiger partial charge is 0.378 e. The second-order valence-corrected chi connectivity index (χ2v) is 6.00. The van der Waals surface area contributed by atoms with E-state index >= 15 is 0 Å². The van der Waals surface area contributed by atoms with E-state index in [0.29, 0.717) is 6.54 Å². The molecule has 1 heterocycles. The number of aromatic nitrogens is 2. The van der Waals surface area contributed by atoms with Crippen LogP contribution in [0.25, 0.3) is 11.0 Å². The number of fused-ring (bicyclic) bond motifs is 1. The Hall–Kier alpha value is -1.94. The number of hydrogen-bond donors (Lipinski definition) is 1. The van der Waals surface area contributed by atoms with Crippen molar-refractivity contribution in [3.05, 3.63) is 63.9 Å². The summed E-state index contributed by atoms with van der Waals surface area (Å²) in [5.41, 5.74) is 6.35. The normalized spacial score (nSPS) is 10.8. The monoisotopic (exact) mass is 341 g/mol. The molecule has 2 aromatic carbocycles. The lowest BCUT2D eigenvalue weighted by molar-refractivity contribution is 1.04. The zero-order valence-corrected chi connectivity index (χ0v) is 13.6. The summed E-state index contributed by atoms with van der Waals surface area (Å²) in [6.45, 7) is 4.85. The van der Waals surface area contributed by atoms with Gasteiger partial charge in [0.1, 0.15) is 0 Å². The van der Waals surface area contributed by atoms with Crippen LogP contribution in [0.2, 0.25) is 0 Å². The molecule has 0 spiro atoms. The molecule has 0 aliphatic heterocycles. The molecule has 0 unspecified atom stereocenters. The van der Waals surface area contributed by atoms with E-state index in [9.17, 15) is 0 Å². The van der Waals surface area contributed by atoms with Gasteiger partial charge in [-0.05, 0) is 59.1 Å². The van der Waals surface area contributed by atoms with E-state index in [1.54, 1.807) is 0 Å². The van der Waals surface area contributed by atoms with Crippen molar-refractivity contribution in [2.24, 2.45) is 0 Å². The Morgan fingerprint density at radius 3 is 2.62 bits per heavy atom. The molecule has 3 aromatic rings. The third-order valence-corrected chi connectivity index (χ3v) is 4.00. The Morgan fingerprint density at radius 1 is 1.10 bits per heavy atom. The molecular weight excluding hydrogens is 326 g/mol. The van der Waals surface area contributed by atoms with Crippen molar-refractivity contribution in [1.82, 2.24) is 9.97 Å². The van der Waals surface area contributed by atoms with Gasteiger partial charge in [-0.2, -0.15) is 0 Å². The molecule has 0 radical (unpaired) electrons. The average Bonchev–Trinajstić information content (AvgIpc) is 2.46. The number of nitrogens with zero attached hydrogens (tertiary/aromatic N) is 2. The van der Waals surface area contributed by atoms with Crippen LogP contribution in [0.4, 0.5) is 5.69 Å². The quantitative estimate of drug-likeness (QED) is 0.755. The Bertz CT molecular complexity index is 776. The first-order valence-electron chi connectivity index (χ1n) is 6.85. The van der Waals surface area contributed by atoms with Crippen molar-refractivity contribution in [3.8, 4) is 0 Å². The topological polar surface area (TPSA) is 37.8 Å². The molecule has 0 fully saturated rings. The van der Waals surface area contributed by atoms with Crippen LogP contribution < -0.4 is 5.32 Å². The van der Waals surface area contributed by atoms with Gasteiger partial charge in [0.05, 0.1) is 35.2 Å². The van der Waals surface area contributed by atoms with Gasteiger partial charge in [-0.25, -0.2) is 4.98 Å². The van der Waals surface area contributed by atoms with Crippen LogP contribution in [-0.2, 0) is 6.54 Å². The lowest BCUT2D eigenvalue weighted by atomic mass is 10.1. The second-order valence-electron chi connectivity index (χ2n) is 5.14. The lowest BCUT2D eigenvalue weighted by Gasteiger charge is -2.12. The maximum Gasteiger partial charge on any atom is 0.0890 e. The summed E-state index contributed by atoms with van der Waals surface area (Å²) in [7, 11) is 0. The van der Waals surface area contributed by atoms with Crippen molar-refractivity contribution < 1.29 is 0 Å².